The minimum Gasteiger partial charge on any atom is -0.278 e. The van der Waals surface area contributed by atoms with Crippen molar-refractivity contribution in [2.75, 3.05) is 0 Å². The Hall–Kier alpha value is -1.89. The third-order valence-corrected chi connectivity index (χ3v) is 3.61. The molecule has 0 spiro atoms. The molecule has 0 unspecified atom stereocenters. The third-order valence-electron chi connectivity index (χ3n) is 3.61. The smallest absolute Gasteiger partial charge is 0.0861 e. The second-order valence-corrected chi connectivity index (χ2v) is 4.96. The number of benzene rings is 2. The van der Waals surface area contributed by atoms with Crippen molar-refractivity contribution in [2.45, 2.75) is 25.3 Å². The summed E-state index contributed by atoms with van der Waals surface area (Å²) in [6.45, 7) is 2.11. The lowest BCUT2D eigenvalue weighted by Gasteiger charge is -2.12. The molecule has 0 aromatic heterocycles. The Kier molecular flexibility index (Phi) is 2.75. The van der Waals surface area contributed by atoms with Crippen LogP contribution in [0.3, 0.4) is 0 Å². The minimum atomic E-state index is 0.0567. The molecule has 2 aromatic carbocycles. The molecule has 1 heteroatoms. The molecule has 0 aliphatic heterocycles. The normalized spacial score (nSPS) is 17.5. The number of nitrogens with zero attached hydrogens (tertiary/aromatic N) is 1. The minimum absolute atomic E-state index is 0.0567. The van der Waals surface area contributed by atoms with Crippen molar-refractivity contribution in [3.05, 3.63) is 71.8 Å². The van der Waals surface area contributed by atoms with Crippen molar-refractivity contribution in [1.82, 2.24) is 0 Å². The fourth-order valence-corrected chi connectivity index (χ4v) is 2.40. The standard InChI is InChI=1S/C17H17N/c1-14(15-8-4-2-5-9-15)18-17(12-13-17)16-10-6-3-7-11-16/h2-11H,12-13H2,1H3. The summed E-state index contributed by atoms with van der Waals surface area (Å²) in [5.41, 5.74) is 3.76. The molecule has 0 saturated heterocycles. The first kappa shape index (κ1) is 11.2. The van der Waals surface area contributed by atoms with E-state index in [1.54, 1.807) is 0 Å². The van der Waals surface area contributed by atoms with Gasteiger partial charge in [-0.2, -0.15) is 0 Å². The van der Waals surface area contributed by atoms with Gasteiger partial charge in [0, 0.05) is 5.71 Å². The highest BCUT2D eigenvalue weighted by Crippen LogP contribution is 2.49. The Morgan fingerprint density at radius 3 is 2.00 bits per heavy atom. The fourth-order valence-electron chi connectivity index (χ4n) is 2.40. The van der Waals surface area contributed by atoms with Crippen LogP contribution in [0.15, 0.2) is 65.7 Å². The second-order valence-electron chi connectivity index (χ2n) is 4.96. The van der Waals surface area contributed by atoms with E-state index in [1.165, 1.54) is 24.0 Å². The summed E-state index contributed by atoms with van der Waals surface area (Å²) in [6.07, 6.45) is 2.34. The fraction of sp³-hybridized carbons (Fsp3) is 0.235. The lowest BCUT2D eigenvalue weighted by molar-refractivity contribution is 0.743. The van der Waals surface area contributed by atoms with Crippen LogP contribution in [0.1, 0.15) is 30.9 Å². The molecule has 18 heavy (non-hydrogen) atoms. The maximum Gasteiger partial charge on any atom is 0.0861 e. The lowest BCUT2D eigenvalue weighted by atomic mass is 10.0. The van der Waals surface area contributed by atoms with Crippen molar-refractivity contribution < 1.29 is 0 Å². The molecule has 1 fully saturated rings. The summed E-state index contributed by atoms with van der Waals surface area (Å²) < 4.78 is 0. The SMILES string of the molecule is CC(=NC1(c2ccccc2)CC1)c1ccccc1. The summed E-state index contributed by atoms with van der Waals surface area (Å²) >= 11 is 0. The van der Waals surface area contributed by atoms with E-state index in [0.717, 1.165) is 5.71 Å². The zero-order valence-corrected chi connectivity index (χ0v) is 10.6. The van der Waals surface area contributed by atoms with E-state index in [-0.39, 0.29) is 5.54 Å². The maximum absolute atomic E-state index is 4.98. The van der Waals surface area contributed by atoms with Crippen molar-refractivity contribution in [2.24, 2.45) is 4.99 Å². The summed E-state index contributed by atoms with van der Waals surface area (Å²) in [4.78, 5) is 4.98. The molecule has 0 N–H and O–H groups in total. The van der Waals surface area contributed by atoms with Crippen LogP contribution < -0.4 is 0 Å². The van der Waals surface area contributed by atoms with Gasteiger partial charge in [0.25, 0.3) is 0 Å². The third kappa shape index (κ3) is 2.08. The van der Waals surface area contributed by atoms with Crippen molar-refractivity contribution in [1.29, 1.82) is 0 Å². The average Bonchev–Trinajstić information content (AvgIpc) is 3.22. The van der Waals surface area contributed by atoms with Crippen molar-refractivity contribution in [3.63, 3.8) is 0 Å². The van der Waals surface area contributed by atoms with Gasteiger partial charge in [0.15, 0.2) is 0 Å². The topological polar surface area (TPSA) is 12.4 Å². The van der Waals surface area contributed by atoms with E-state index < -0.39 is 0 Å². The van der Waals surface area contributed by atoms with Crippen LogP contribution in [0.5, 0.6) is 0 Å². The van der Waals surface area contributed by atoms with Gasteiger partial charge in [-0.05, 0) is 30.9 Å². The van der Waals surface area contributed by atoms with Crippen LogP contribution in [-0.4, -0.2) is 5.71 Å². The molecule has 3 rings (SSSR count). The van der Waals surface area contributed by atoms with Gasteiger partial charge in [-0.15, -0.1) is 0 Å². The van der Waals surface area contributed by atoms with Crippen LogP contribution in [0.4, 0.5) is 0 Å². The van der Waals surface area contributed by atoms with Crippen LogP contribution in [0.25, 0.3) is 0 Å². The molecule has 1 nitrogen and oxygen atoms in total. The molecule has 0 heterocycles. The molecule has 0 amide bonds. The average molecular weight is 235 g/mol. The predicted octanol–water partition coefficient (Wildman–Crippen LogP) is 4.18. The number of hydrogen-bond acceptors (Lipinski definition) is 1. The van der Waals surface area contributed by atoms with Gasteiger partial charge in [0.1, 0.15) is 0 Å². The number of rotatable bonds is 3. The number of aliphatic imine (C=N–C) groups is 1. The van der Waals surface area contributed by atoms with Crippen molar-refractivity contribution >= 4 is 5.71 Å². The highest BCUT2D eigenvalue weighted by Gasteiger charge is 2.44. The van der Waals surface area contributed by atoms with Gasteiger partial charge in [-0.25, -0.2) is 0 Å². The van der Waals surface area contributed by atoms with Gasteiger partial charge in [0.2, 0.25) is 0 Å². The maximum atomic E-state index is 4.98. The summed E-state index contributed by atoms with van der Waals surface area (Å²) in [5, 5.41) is 0. The largest absolute Gasteiger partial charge is 0.278 e. The second kappa shape index (κ2) is 4.41. The molecule has 90 valence electrons. The van der Waals surface area contributed by atoms with Crippen LogP contribution >= 0.6 is 0 Å². The Labute approximate surface area is 108 Å². The van der Waals surface area contributed by atoms with Gasteiger partial charge in [-0.3, -0.25) is 4.99 Å². The zero-order chi connectivity index (χ0) is 12.4. The van der Waals surface area contributed by atoms with Gasteiger partial charge in [-0.1, -0.05) is 60.7 Å². The Morgan fingerprint density at radius 1 is 0.889 bits per heavy atom. The molecular formula is C17H17N. The first-order chi connectivity index (χ1) is 8.80. The molecular weight excluding hydrogens is 218 g/mol. The van der Waals surface area contributed by atoms with Gasteiger partial charge < -0.3 is 0 Å². The predicted molar refractivity (Wildman–Crippen MR) is 76.0 cm³/mol. The van der Waals surface area contributed by atoms with E-state index in [4.69, 9.17) is 4.99 Å². The Balaban J connectivity index is 1.93. The van der Waals surface area contributed by atoms with E-state index >= 15 is 0 Å². The lowest BCUT2D eigenvalue weighted by Crippen LogP contribution is -2.07. The van der Waals surface area contributed by atoms with Crippen molar-refractivity contribution in [3.8, 4) is 0 Å². The first-order valence-corrected chi connectivity index (χ1v) is 6.48. The molecule has 0 radical (unpaired) electrons. The van der Waals surface area contributed by atoms with E-state index in [9.17, 15) is 0 Å². The first-order valence-electron chi connectivity index (χ1n) is 6.48. The van der Waals surface area contributed by atoms with E-state index in [2.05, 4.69) is 61.5 Å². The molecule has 2 aromatic rings. The molecule has 1 aliphatic rings. The van der Waals surface area contributed by atoms with E-state index in [1.807, 2.05) is 6.07 Å². The molecule has 0 bridgehead atoms. The highest BCUT2D eigenvalue weighted by atomic mass is 14.9. The molecule has 1 saturated carbocycles. The van der Waals surface area contributed by atoms with Crippen LogP contribution in [0.2, 0.25) is 0 Å². The Morgan fingerprint density at radius 2 is 1.44 bits per heavy atom. The summed E-state index contributed by atoms with van der Waals surface area (Å²) in [7, 11) is 0. The quantitative estimate of drug-likeness (QED) is 0.707. The van der Waals surface area contributed by atoms with Crippen LogP contribution in [-0.2, 0) is 5.54 Å². The summed E-state index contributed by atoms with van der Waals surface area (Å²) in [5.74, 6) is 0. The monoisotopic (exact) mass is 235 g/mol. The van der Waals surface area contributed by atoms with Gasteiger partial charge in [0.05, 0.1) is 5.54 Å². The Bertz CT molecular complexity index is 551. The van der Waals surface area contributed by atoms with Gasteiger partial charge >= 0.3 is 0 Å². The molecule has 0 atom stereocenters. The number of hydrogen-bond donors (Lipinski definition) is 0. The zero-order valence-electron chi connectivity index (χ0n) is 10.6. The summed E-state index contributed by atoms with van der Waals surface area (Å²) in [6, 6.07) is 21.1. The molecule has 1 aliphatic carbocycles. The highest BCUT2D eigenvalue weighted by molar-refractivity contribution is 5.99. The van der Waals surface area contributed by atoms with E-state index in [0.29, 0.717) is 0 Å². The van der Waals surface area contributed by atoms with Crippen LogP contribution in [0, 0.1) is 0 Å².